The molecular formula is C16H15FN2O. The van der Waals surface area contributed by atoms with E-state index in [9.17, 15) is 4.39 Å². The SMILES string of the molecule is Cc1ccc(O[C@H](C)c2nc3ccc(F)cc3[nH]2)cc1. The van der Waals surface area contributed by atoms with Crippen LogP contribution in [0.15, 0.2) is 42.5 Å². The van der Waals surface area contributed by atoms with Gasteiger partial charge in [0.05, 0.1) is 11.0 Å². The number of nitrogens with one attached hydrogen (secondary N) is 1. The van der Waals surface area contributed by atoms with Gasteiger partial charge in [-0.25, -0.2) is 9.37 Å². The van der Waals surface area contributed by atoms with E-state index in [0.29, 0.717) is 11.3 Å². The Balaban J connectivity index is 1.84. The lowest BCUT2D eigenvalue weighted by Crippen LogP contribution is -2.04. The van der Waals surface area contributed by atoms with Gasteiger partial charge >= 0.3 is 0 Å². The summed E-state index contributed by atoms with van der Waals surface area (Å²) in [6.07, 6.45) is -0.229. The largest absolute Gasteiger partial charge is 0.483 e. The molecule has 4 heteroatoms. The van der Waals surface area contributed by atoms with E-state index < -0.39 is 0 Å². The van der Waals surface area contributed by atoms with E-state index in [0.717, 1.165) is 11.3 Å². The summed E-state index contributed by atoms with van der Waals surface area (Å²) in [5.74, 6) is 1.20. The Morgan fingerprint density at radius 2 is 1.90 bits per heavy atom. The first-order chi connectivity index (χ1) is 9.61. The van der Waals surface area contributed by atoms with E-state index in [1.165, 1.54) is 17.7 Å². The summed E-state index contributed by atoms with van der Waals surface area (Å²) in [7, 11) is 0. The second-order valence-corrected chi connectivity index (χ2v) is 4.86. The fourth-order valence-corrected chi connectivity index (χ4v) is 2.07. The number of imidazole rings is 1. The van der Waals surface area contributed by atoms with E-state index in [1.54, 1.807) is 6.07 Å². The zero-order chi connectivity index (χ0) is 14.1. The molecule has 1 aromatic heterocycles. The van der Waals surface area contributed by atoms with Crippen molar-refractivity contribution in [2.45, 2.75) is 20.0 Å². The molecule has 20 heavy (non-hydrogen) atoms. The predicted molar refractivity (Wildman–Crippen MR) is 76.3 cm³/mol. The third-order valence-corrected chi connectivity index (χ3v) is 3.18. The number of H-pyrrole nitrogens is 1. The third-order valence-electron chi connectivity index (χ3n) is 3.18. The number of nitrogens with zero attached hydrogens (tertiary/aromatic N) is 1. The number of hydrogen-bond donors (Lipinski definition) is 1. The highest BCUT2D eigenvalue weighted by Crippen LogP contribution is 2.22. The van der Waals surface area contributed by atoms with Crippen molar-refractivity contribution in [3.05, 3.63) is 59.7 Å². The monoisotopic (exact) mass is 270 g/mol. The molecule has 102 valence electrons. The van der Waals surface area contributed by atoms with Gasteiger partial charge in [-0.1, -0.05) is 17.7 Å². The summed E-state index contributed by atoms with van der Waals surface area (Å²) in [5, 5.41) is 0. The molecule has 3 rings (SSSR count). The Kier molecular flexibility index (Phi) is 3.14. The van der Waals surface area contributed by atoms with Crippen molar-refractivity contribution in [1.82, 2.24) is 9.97 Å². The maximum Gasteiger partial charge on any atom is 0.153 e. The van der Waals surface area contributed by atoms with Crippen LogP contribution in [-0.4, -0.2) is 9.97 Å². The molecule has 2 aromatic carbocycles. The second kappa shape index (κ2) is 4.96. The van der Waals surface area contributed by atoms with Crippen molar-refractivity contribution in [2.24, 2.45) is 0 Å². The second-order valence-electron chi connectivity index (χ2n) is 4.86. The lowest BCUT2D eigenvalue weighted by molar-refractivity contribution is 0.218. The summed E-state index contributed by atoms with van der Waals surface area (Å²) in [6, 6.07) is 12.3. The molecule has 3 aromatic rings. The van der Waals surface area contributed by atoms with Gasteiger partial charge in [0.25, 0.3) is 0 Å². The Morgan fingerprint density at radius 3 is 2.65 bits per heavy atom. The number of ether oxygens (including phenoxy) is 1. The van der Waals surface area contributed by atoms with Gasteiger partial charge in [0, 0.05) is 0 Å². The van der Waals surface area contributed by atoms with Gasteiger partial charge in [-0.15, -0.1) is 0 Å². The van der Waals surface area contributed by atoms with E-state index in [2.05, 4.69) is 9.97 Å². The molecule has 0 unspecified atom stereocenters. The van der Waals surface area contributed by atoms with Crippen molar-refractivity contribution in [2.75, 3.05) is 0 Å². The summed E-state index contributed by atoms with van der Waals surface area (Å²) in [4.78, 5) is 7.51. The van der Waals surface area contributed by atoms with Crippen molar-refractivity contribution in [3.8, 4) is 5.75 Å². The smallest absolute Gasteiger partial charge is 0.153 e. The average Bonchev–Trinajstić information content (AvgIpc) is 2.84. The standard InChI is InChI=1S/C16H15FN2O/c1-10-3-6-13(7-4-10)20-11(2)16-18-14-8-5-12(17)9-15(14)19-16/h3-9,11H,1-2H3,(H,18,19)/t11-/m1/s1. The Labute approximate surface area is 116 Å². The van der Waals surface area contributed by atoms with Gasteiger partial charge in [-0.3, -0.25) is 0 Å². The number of hydrogen-bond acceptors (Lipinski definition) is 2. The highest BCUT2D eigenvalue weighted by Gasteiger charge is 2.12. The summed E-state index contributed by atoms with van der Waals surface area (Å²) in [5.41, 5.74) is 2.60. The first-order valence-electron chi connectivity index (χ1n) is 6.50. The van der Waals surface area contributed by atoms with Crippen LogP contribution in [0.5, 0.6) is 5.75 Å². The lowest BCUT2D eigenvalue weighted by Gasteiger charge is -2.12. The third kappa shape index (κ3) is 2.50. The van der Waals surface area contributed by atoms with Crippen molar-refractivity contribution < 1.29 is 9.13 Å². The quantitative estimate of drug-likeness (QED) is 0.776. The zero-order valence-corrected chi connectivity index (χ0v) is 11.4. The minimum atomic E-state index is -0.278. The van der Waals surface area contributed by atoms with Crippen LogP contribution in [-0.2, 0) is 0 Å². The first kappa shape index (κ1) is 12.7. The van der Waals surface area contributed by atoms with Crippen molar-refractivity contribution in [1.29, 1.82) is 0 Å². The zero-order valence-electron chi connectivity index (χ0n) is 11.4. The number of aromatic nitrogens is 2. The van der Waals surface area contributed by atoms with Gasteiger partial charge in [0.2, 0.25) is 0 Å². The molecule has 0 saturated carbocycles. The van der Waals surface area contributed by atoms with E-state index in [4.69, 9.17) is 4.74 Å². The number of aryl methyl sites for hydroxylation is 1. The van der Waals surface area contributed by atoms with Crippen LogP contribution in [0.25, 0.3) is 11.0 Å². The number of aromatic amines is 1. The maximum absolute atomic E-state index is 13.2. The minimum Gasteiger partial charge on any atom is -0.483 e. The maximum atomic E-state index is 13.2. The molecule has 1 atom stereocenters. The van der Waals surface area contributed by atoms with Crippen LogP contribution in [0.2, 0.25) is 0 Å². The van der Waals surface area contributed by atoms with E-state index in [-0.39, 0.29) is 11.9 Å². The summed E-state index contributed by atoms with van der Waals surface area (Å²) in [6.45, 7) is 3.94. The normalized spacial score (nSPS) is 12.6. The van der Waals surface area contributed by atoms with Crippen LogP contribution in [0.3, 0.4) is 0 Å². The molecule has 1 N–H and O–H groups in total. The average molecular weight is 270 g/mol. The van der Waals surface area contributed by atoms with Crippen molar-refractivity contribution in [3.63, 3.8) is 0 Å². The Hall–Kier alpha value is -2.36. The molecule has 0 aliphatic carbocycles. The van der Waals surface area contributed by atoms with Crippen LogP contribution >= 0.6 is 0 Å². The molecule has 0 bridgehead atoms. The van der Waals surface area contributed by atoms with Crippen LogP contribution in [0, 0.1) is 12.7 Å². The fraction of sp³-hybridized carbons (Fsp3) is 0.188. The Bertz CT molecular complexity index is 734. The lowest BCUT2D eigenvalue weighted by atomic mass is 10.2. The number of benzene rings is 2. The molecule has 0 aliphatic heterocycles. The molecular weight excluding hydrogens is 255 g/mol. The van der Waals surface area contributed by atoms with Gasteiger partial charge in [0.15, 0.2) is 6.10 Å². The van der Waals surface area contributed by atoms with Crippen LogP contribution in [0.4, 0.5) is 4.39 Å². The fourth-order valence-electron chi connectivity index (χ4n) is 2.07. The molecule has 0 fully saturated rings. The van der Waals surface area contributed by atoms with Gasteiger partial charge in [-0.2, -0.15) is 0 Å². The molecule has 0 aliphatic rings. The van der Waals surface area contributed by atoms with E-state index >= 15 is 0 Å². The van der Waals surface area contributed by atoms with E-state index in [1.807, 2.05) is 38.1 Å². The molecule has 0 amide bonds. The van der Waals surface area contributed by atoms with Crippen LogP contribution in [0.1, 0.15) is 24.4 Å². The van der Waals surface area contributed by atoms with Crippen LogP contribution < -0.4 is 4.74 Å². The number of halogens is 1. The minimum absolute atomic E-state index is 0.229. The first-order valence-corrected chi connectivity index (χ1v) is 6.50. The summed E-state index contributed by atoms with van der Waals surface area (Å²) >= 11 is 0. The molecule has 1 heterocycles. The molecule has 0 saturated heterocycles. The highest BCUT2D eigenvalue weighted by molar-refractivity contribution is 5.75. The molecule has 0 radical (unpaired) electrons. The number of fused-ring (bicyclic) bond motifs is 1. The molecule has 0 spiro atoms. The molecule has 3 nitrogen and oxygen atoms in total. The number of rotatable bonds is 3. The Morgan fingerprint density at radius 1 is 1.15 bits per heavy atom. The van der Waals surface area contributed by atoms with Gasteiger partial charge in [-0.05, 0) is 44.2 Å². The summed E-state index contributed by atoms with van der Waals surface area (Å²) < 4.78 is 19.0. The van der Waals surface area contributed by atoms with Crippen molar-refractivity contribution >= 4 is 11.0 Å². The van der Waals surface area contributed by atoms with Gasteiger partial charge < -0.3 is 9.72 Å². The highest BCUT2D eigenvalue weighted by atomic mass is 19.1. The predicted octanol–water partition coefficient (Wildman–Crippen LogP) is 4.15. The topological polar surface area (TPSA) is 37.9 Å². The van der Waals surface area contributed by atoms with Gasteiger partial charge in [0.1, 0.15) is 17.4 Å².